The molecular formula is C14H19BrN2O3. The zero-order chi connectivity index (χ0) is 14.9. The lowest BCUT2D eigenvalue weighted by Crippen LogP contribution is -2.60. The van der Waals surface area contributed by atoms with Crippen LogP contribution in [0, 0.1) is 15.5 Å². The fraction of sp³-hybridized carbons (Fsp3) is 0.571. The van der Waals surface area contributed by atoms with E-state index in [0.29, 0.717) is 17.1 Å². The van der Waals surface area contributed by atoms with E-state index in [9.17, 15) is 10.1 Å². The molecule has 110 valence electrons. The maximum Gasteiger partial charge on any atom is 0.283 e. The number of benzene rings is 1. The number of ether oxygens (including phenoxy) is 1. The average Bonchev–Trinajstić information content (AvgIpc) is 2.39. The van der Waals surface area contributed by atoms with Gasteiger partial charge in [-0.3, -0.25) is 10.1 Å². The number of halogens is 1. The second-order valence-corrected chi connectivity index (χ2v) is 6.52. The largest absolute Gasteiger partial charge is 0.381 e. The van der Waals surface area contributed by atoms with E-state index in [1.165, 1.54) is 6.07 Å². The van der Waals surface area contributed by atoms with Crippen LogP contribution in [0.15, 0.2) is 22.7 Å². The molecule has 1 aromatic carbocycles. The van der Waals surface area contributed by atoms with Crippen molar-refractivity contribution in [2.75, 3.05) is 7.11 Å². The maximum atomic E-state index is 10.9. The second kappa shape index (κ2) is 5.79. The number of methoxy groups -OCH3 is 1. The fourth-order valence-electron chi connectivity index (χ4n) is 2.71. The van der Waals surface area contributed by atoms with Crippen molar-refractivity contribution < 1.29 is 9.66 Å². The van der Waals surface area contributed by atoms with Gasteiger partial charge in [-0.05, 0) is 27.9 Å². The molecule has 0 bridgehead atoms. The summed E-state index contributed by atoms with van der Waals surface area (Å²) in [4.78, 5) is 10.5. The zero-order valence-corrected chi connectivity index (χ0v) is 13.4. The Morgan fingerprint density at radius 2 is 2.25 bits per heavy atom. The van der Waals surface area contributed by atoms with Gasteiger partial charge < -0.3 is 10.1 Å². The van der Waals surface area contributed by atoms with Crippen molar-refractivity contribution in [3.8, 4) is 0 Å². The Hall–Kier alpha value is -0.980. The molecule has 2 atom stereocenters. The summed E-state index contributed by atoms with van der Waals surface area (Å²) in [6.45, 7) is 4.95. The van der Waals surface area contributed by atoms with Crippen LogP contribution in [0.1, 0.15) is 25.8 Å². The number of rotatable bonds is 5. The van der Waals surface area contributed by atoms with Crippen LogP contribution >= 0.6 is 15.9 Å². The van der Waals surface area contributed by atoms with Crippen molar-refractivity contribution in [2.45, 2.75) is 39.0 Å². The molecule has 1 saturated carbocycles. The van der Waals surface area contributed by atoms with Crippen LogP contribution in [-0.4, -0.2) is 24.2 Å². The van der Waals surface area contributed by atoms with E-state index in [2.05, 4.69) is 35.1 Å². The van der Waals surface area contributed by atoms with Gasteiger partial charge >= 0.3 is 0 Å². The standard InChI is InChI=1S/C14H19BrN2O3/c1-14(2)11(7-12(14)20-3)16-8-9-5-4-6-10(13(9)15)17(18)19/h4-6,11-12,16H,7-8H2,1-3H3. The highest BCUT2D eigenvalue weighted by atomic mass is 79.9. The minimum absolute atomic E-state index is 0.0853. The van der Waals surface area contributed by atoms with Crippen molar-refractivity contribution in [1.29, 1.82) is 0 Å². The highest BCUT2D eigenvalue weighted by Crippen LogP contribution is 2.42. The molecule has 20 heavy (non-hydrogen) atoms. The predicted octanol–water partition coefficient (Wildman–Crippen LogP) is 3.26. The van der Waals surface area contributed by atoms with E-state index >= 15 is 0 Å². The molecule has 0 saturated heterocycles. The quantitative estimate of drug-likeness (QED) is 0.658. The topological polar surface area (TPSA) is 64.4 Å². The summed E-state index contributed by atoms with van der Waals surface area (Å²) in [6, 6.07) is 5.47. The van der Waals surface area contributed by atoms with Gasteiger partial charge in [0.25, 0.3) is 5.69 Å². The van der Waals surface area contributed by atoms with Crippen LogP contribution in [0.2, 0.25) is 0 Å². The van der Waals surface area contributed by atoms with Gasteiger partial charge in [0.1, 0.15) is 0 Å². The van der Waals surface area contributed by atoms with E-state index in [1.807, 2.05) is 6.07 Å². The Bertz CT molecular complexity index is 519. The summed E-state index contributed by atoms with van der Waals surface area (Å²) in [5, 5.41) is 14.4. The molecule has 1 N–H and O–H groups in total. The third-order valence-corrected chi connectivity index (χ3v) is 5.17. The Kier molecular flexibility index (Phi) is 4.46. The Morgan fingerprint density at radius 3 is 2.80 bits per heavy atom. The number of hydrogen-bond donors (Lipinski definition) is 1. The minimum Gasteiger partial charge on any atom is -0.381 e. The van der Waals surface area contributed by atoms with Gasteiger partial charge in [-0.25, -0.2) is 0 Å². The number of nitrogens with one attached hydrogen (secondary N) is 1. The Balaban J connectivity index is 2.03. The van der Waals surface area contributed by atoms with Crippen molar-refractivity contribution in [3.05, 3.63) is 38.3 Å². The molecule has 1 aromatic rings. The first-order valence-corrected chi connectivity index (χ1v) is 7.35. The molecule has 0 aromatic heterocycles. The van der Waals surface area contributed by atoms with Crippen LogP contribution in [0.4, 0.5) is 5.69 Å². The fourth-order valence-corrected chi connectivity index (χ4v) is 3.26. The minimum atomic E-state index is -0.373. The lowest BCUT2D eigenvalue weighted by molar-refractivity contribution is -0.385. The zero-order valence-electron chi connectivity index (χ0n) is 11.9. The lowest BCUT2D eigenvalue weighted by atomic mass is 9.64. The first kappa shape index (κ1) is 15.4. The number of hydrogen-bond acceptors (Lipinski definition) is 4. The molecule has 2 unspecified atom stereocenters. The molecular weight excluding hydrogens is 324 g/mol. The third kappa shape index (κ3) is 2.73. The maximum absolute atomic E-state index is 10.9. The molecule has 5 nitrogen and oxygen atoms in total. The normalized spacial score (nSPS) is 24.2. The summed E-state index contributed by atoms with van der Waals surface area (Å²) in [5.74, 6) is 0. The molecule has 0 spiro atoms. The van der Waals surface area contributed by atoms with E-state index < -0.39 is 0 Å². The van der Waals surface area contributed by atoms with Crippen LogP contribution in [-0.2, 0) is 11.3 Å². The highest BCUT2D eigenvalue weighted by Gasteiger charge is 2.48. The van der Waals surface area contributed by atoms with E-state index in [1.54, 1.807) is 13.2 Å². The number of nitrogens with zero attached hydrogens (tertiary/aromatic N) is 1. The van der Waals surface area contributed by atoms with Crippen molar-refractivity contribution in [2.24, 2.45) is 5.41 Å². The van der Waals surface area contributed by atoms with Gasteiger partial charge in [0.05, 0.1) is 15.5 Å². The van der Waals surface area contributed by atoms with E-state index in [0.717, 1.165) is 12.0 Å². The Labute approximate surface area is 127 Å². The van der Waals surface area contributed by atoms with Gasteiger partial charge in [0.15, 0.2) is 0 Å². The van der Waals surface area contributed by atoms with Gasteiger partial charge in [0, 0.05) is 31.2 Å². The SMILES string of the molecule is COC1CC(NCc2cccc([N+](=O)[O-])c2Br)C1(C)C. The predicted molar refractivity (Wildman–Crippen MR) is 80.6 cm³/mol. The second-order valence-electron chi connectivity index (χ2n) is 5.72. The molecule has 1 aliphatic rings. The van der Waals surface area contributed by atoms with Crippen LogP contribution in [0.5, 0.6) is 0 Å². The van der Waals surface area contributed by atoms with Crippen molar-refractivity contribution >= 4 is 21.6 Å². The van der Waals surface area contributed by atoms with Gasteiger partial charge in [-0.1, -0.05) is 26.0 Å². The van der Waals surface area contributed by atoms with E-state index in [-0.39, 0.29) is 22.1 Å². The van der Waals surface area contributed by atoms with Crippen LogP contribution < -0.4 is 5.32 Å². The summed E-state index contributed by atoms with van der Waals surface area (Å²) < 4.78 is 5.97. The number of nitro groups is 1. The Morgan fingerprint density at radius 1 is 1.55 bits per heavy atom. The first-order valence-electron chi connectivity index (χ1n) is 6.56. The van der Waals surface area contributed by atoms with Gasteiger partial charge in [-0.2, -0.15) is 0 Å². The summed E-state index contributed by atoms with van der Waals surface area (Å²) >= 11 is 3.32. The molecule has 0 radical (unpaired) electrons. The smallest absolute Gasteiger partial charge is 0.283 e. The summed E-state index contributed by atoms with van der Waals surface area (Å²) in [7, 11) is 1.74. The highest BCUT2D eigenvalue weighted by molar-refractivity contribution is 9.10. The van der Waals surface area contributed by atoms with Crippen molar-refractivity contribution in [3.63, 3.8) is 0 Å². The molecule has 2 rings (SSSR count). The average molecular weight is 343 g/mol. The monoisotopic (exact) mass is 342 g/mol. The molecule has 1 fully saturated rings. The van der Waals surface area contributed by atoms with Gasteiger partial charge in [0.2, 0.25) is 0 Å². The van der Waals surface area contributed by atoms with Crippen LogP contribution in [0.3, 0.4) is 0 Å². The molecule has 0 heterocycles. The van der Waals surface area contributed by atoms with Gasteiger partial charge in [-0.15, -0.1) is 0 Å². The third-order valence-electron chi connectivity index (χ3n) is 4.26. The molecule has 0 aliphatic heterocycles. The van der Waals surface area contributed by atoms with Crippen molar-refractivity contribution in [1.82, 2.24) is 5.32 Å². The summed E-state index contributed by atoms with van der Waals surface area (Å²) in [5.41, 5.74) is 1.09. The van der Waals surface area contributed by atoms with E-state index in [4.69, 9.17) is 4.74 Å². The van der Waals surface area contributed by atoms with Crippen LogP contribution in [0.25, 0.3) is 0 Å². The first-order chi connectivity index (χ1) is 9.37. The molecule has 1 aliphatic carbocycles. The molecule has 0 amide bonds. The number of nitro benzene ring substituents is 1. The lowest BCUT2D eigenvalue weighted by Gasteiger charge is -2.51. The molecule has 6 heteroatoms. The summed E-state index contributed by atoms with van der Waals surface area (Å²) in [6.07, 6.45) is 1.24.